The molecular formula is C5H12Cs2O7. The van der Waals surface area contributed by atoms with Crippen molar-refractivity contribution in [3.8, 4) is 0 Å². The molecule has 0 aliphatic rings. The molecule has 0 aliphatic heterocycles. The molecule has 0 radical (unpaired) electrons. The maximum atomic E-state index is 8.64. The smallest absolute Gasteiger partial charge is 1.00 e. The van der Waals surface area contributed by atoms with Gasteiger partial charge in [0.1, 0.15) is 0 Å². The van der Waals surface area contributed by atoms with Gasteiger partial charge in [-0.3, -0.25) is 4.79 Å². The minimum atomic E-state index is -0.181. The molecule has 9 heteroatoms. The van der Waals surface area contributed by atoms with Gasteiger partial charge in [0, 0.05) is 1.43 Å². The fourth-order valence-electron chi connectivity index (χ4n) is 0. The van der Waals surface area contributed by atoms with Crippen LogP contribution < -0.4 is 143 Å². The van der Waals surface area contributed by atoms with E-state index in [0.717, 1.165) is 0 Å². The molecule has 0 saturated carbocycles. The van der Waals surface area contributed by atoms with Crippen LogP contribution in [0.1, 0.15) is 17.7 Å². The first kappa shape index (κ1) is 44.1. The van der Waals surface area contributed by atoms with Crippen LogP contribution >= 0.6 is 0 Å². The third kappa shape index (κ3) is 233. The van der Waals surface area contributed by atoms with Gasteiger partial charge in [0.05, 0.1) is 0 Å². The molecule has 0 aliphatic carbocycles. The minimum Gasteiger partial charge on any atom is -1.00 e. The summed E-state index contributed by atoms with van der Waals surface area (Å²) in [5, 5.41) is 8.43. The fourth-order valence-corrected chi connectivity index (χ4v) is 0. The first-order valence-electron chi connectivity index (χ1n) is 1.45. The van der Waals surface area contributed by atoms with E-state index in [4.69, 9.17) is 29.2 Å². The second kappa shape index (κ2) is 78.9. The van der Waals surface area contributed by atoms with Gasteiger partial charge in [0.2, 0.25) is 0 Å². The molecule has 0 bridgehead atoms. The van der Waals surface area contributed by atoms with E-state index >= 15 is 0 Å². The van der Waals surface area contributed by atoms with Gasteiger partial charge in [-0.1, -0.05) is 14.9 Å². The monoisotopic (exact) mass is 450 g/mol. The predicted molar refractivity (Wildman–Crippen MR) is 33.9 cm³/mol. The number of carbonyl (C=O) groups is 1. The van der Waals surface area contributed by atoms with E-state index in [1.54, 1.807) is 0 Å². The Morgan fingerprint density at radius 2 is 1.14 bits per heavy atom. The van der Waals surface area contributed by atoms with Crippen molar-refractivity contribution in [2.75, 3.05) is 0 Å². The van der Waals surface area contributed by atoms with Gasteiger partial charge in [-0.25, -0.2) is 0 Å². The molecule has 0 saturated heterocycles. The number of hydrogen-bond acceptors (Lipinski definition) is 7. The third-order valence-corrected chi connectivity index (χ3v) is 0.0393. The van der Waals surface area contributed by atoms with E-state index in [1.165, 1.54) is 0 Å². The van der Waals surface area contributed by atoms with Gasteiger partial charge in [0.25, 0.3) is 6.47 Å². The van der Waals surface area contributed by atoms with Crippen LogP contribution in [0.25, 0.3) is 0 Å². The molecular weight excluding hydrogens is 438 g/mol. The number of carbonyl (C=O) groups excluding carboxylic acids is 5. The average molecular weight is 450 g/mol. The van der Waals surface area contributed by atoms with E-state index in [9.17, 15) is 0 Å². The first-order valence-corrected chi connectivity index (χ1v) is 1.45. The van der Waals surface area contributed by atoms with Crippen molar-refractivity contribution in [3.63, 3.8) is 0 Å². The minimum absolute atomic E-state index is 0. The molecule has 0 N–H and O–H groups in total. The largest absolute Gasteiger partial charge is 1.00 e. The Morgan fingerprint density at radius 1 is 1.07 bits per heavy atom. The summed E-state index contributed by atoms with van der Waals surface area (Å²) in [5.41, 5.74) is 0. The Bertz CT molecular complexity index is 123. The second-order valence-corrected chi connectivity index (χ2v) is 0.359. The van der Waals surface area contributed by atoms with Crippen LogP contribution in [0.5, 0.6) is 0 Å². The summed E-state index contributed by atoms with van der Waals surface area (Å²) in [7, 11) is 0. The zero-order valence-corrected chi connectivity index (χ0v) is 19.0. The van der Waals surface area contributed by atoms with Crippen LogP contribution in [0, 0.1) is 0 Å². The van der Waals surface area contributed by atoms with Gasteiger partial charge in [0.15, 0.2) is 0 Å². The molecule has 0 spiro atoms. The molecule has 0 amide bonds. The third-order valence-electron chi connectivity index (χ3n) is 0.0393. The molecule has 76 valence electrons. The van der Waals surface area contributed by atoms with Gasteiger partial charge < -0.3 is 11.6 Å². The standard InChI is InChI=1S/CH2O3.2CO2.2CH4.2Cs.H2.H/c2-1-4-3;2*2-1-3;;;;;;/h1,3H;;;2*1H4;;;1H;/q;;;;;2*+1;;-1/p-1. The summed E-state index contributed by atoms with van der Waals surface area (Å²) in [6.45, 7) is -0.181. The SMILES string of the molecule is C.C.O=C=O.O=C=O.O=CO[O-].[Cs+].[Cs+].[H-].[HH]. The molecule has 0 heterocycles. The van der Waals surface area contributed by atoms with Crippen LogP contribution in [0.3, 0.4) is 0 Å². The van der Waals surface area contributed by atoms with Crippen molar-refractivity contribution in [1.82, 2.24) is 0 Å². The summed E-state index contributed by atoms with van der Waals surface area (Å²) in [6, 6.07) is 0. The Kier molecular flexibility index (Phi) is 249. The maximum absolute atomic E-state index is 8.64. The van der Waals surface area contributed by atoms with Gasteiger partial charge in [-0.05, 0) is 0 Å². The number of rotatable bonds is 1. The Hall–Kier alpha value is 2.29. The normalized spacial score (nSPS) is 2.64. The number of hydrogen-bond donors (Lipinski definition) is 0. The predicted octanol–water partition coefficient (Wildman–Crippen LogP) is -7.09. The average Bonchev–Trinajstić information content (AvgIpc) is 1.91. The van der Waals surface area contributed by atoms with Crippen molar-refractivity contribution < 1.29 is 175 Å². The van der Waals surface area contributed by atoms with Crippen LogP contribution in [0.2, 0.25) is 0 Å². The molecule has 0 aromatic heterocycles. The topological polar surface area (TPSA) is 118 Å². The summed E-state index contributed by atoms with van der Waals surface area (Å²) >= 11 is 0. The van der Waals surface area contributed by atoms with Crippen molar-refractivity contribution >= 4 is 18.8 Å². The van der Waals surface area contributed by atoms with Crippen molar-refractivity contribution in [2.45, 2.75) is 14.9 Å². The van der Waals surface area contributed by atoms with Crippen LogP contribution in [-0.4, -0.2) is 18.8 Å². The summed E-state index contributed by atoms with van der Waals surface area (Å²) < 4.78 is 0. The molecule has 0 fully saturated rings. The molecule has 0 aromatic rings. The Labute approximate surface area is 202 Å². The van der Waals surface area contributed by atoms with Gasteiger partial charge in [-0.15, -0.1) is 0 Å². The molecule has 14 heavy (non-hydrogen) atoms. The van der Waals surface area contributed by atoms with Crippen LogP contribution in [0.4, 0.5) is 0 Å². The van der Waals surface area contributed by atoms with E-state index in [-0.39, 0.29) is 174 Å². The van der Waals surface area contributed by atoms with Crippen molar-refractivity contribution in [2.24, 2.45) is 0 Å². The summed E-state index contributed by atoms with van der Waals surface area (Å²) in [6.07, 6.45) is 0.500. The first-order chi connectivity index (χ1) is 4.74. The molecule has 0 atom stereocenters. The quantitative estimate of drug-likeness (QED) is 0.222. The summed E-state index contributed by atoms with van der Waals surface area (Å²) in [5.74, 6) is 0. The van der Waals surface area contributed by atoms with E-state index in [1.807, 2.05) is 0 Å². The van der Waals surface area contributed by atoms with Crippen LogP contribution in [-0.2, 0) is 28.9 Å². The van der Waals surface area contributed by atoms with E-state index in [2.05, 4.69) is 4.89 Å². The maximum Gasteiger partial charge on any atom is 1.00 e. The van der Waals surface area contributed by atoms with Gasteiger partial charge in [-0.2, -0.15) is 19.2 Å². The molecule has 0 aromatic carbocycles. The Morgan fingerprint density at radius 3 is 1.14 bits per heavy atom. The van der Waals surface area contributed by atoms with Gasteiger partial charge >= 0.3 is 150 Å². The zero-order valence-electron chi connectivity index (χ0n) is 7.44. The van der Waals surface area contributed by atoms with E-state index < -0.39 is 0 Å². The fraction of sp³-hybridized carbons (Fsp3) is 0.400. The molecule has 7 nitrogen and oxygen atoms in total. The van der Waals surface area contributed by atoms with Crippen LogP contribution in [0.15, 0.2) is 0 Å². The van der Waals surface area contributed by atoms with Crippen molar-refractivity contribution in [1.29, 1.82) is 0 Å². The zero-order chi connectivity index (χ0) is 8.83. The second-order valence-electron chi connectivity index (χ2n) is 0.359. The molecule has 0 rings (SSSR count). The Balaban J connectivity index is -0.00000000558. The van der Waals surface area contributed by atoms with Crippen molar-refractivity contribution in [3.05, 3.63) is 0 Å². The molecule has 0 unspecified atom stereocenters. The van der Waals surface area contributed by atoms with E-state index in [0.29, 0.717) is 0 Å². The summed E-state index contributed by atoms with van der Waals surface area (Å²) in [4.78, 5) is 43.8.